The largest absolute Gasteiger partial charge is 0.338 e. The minimum Gasteiger partial charge on any atom is -0.338 e. The summed E-state index contributed by atoms with van der Waals surface area (Å²) >= 11 is 6.00. The third kappa shape index (κ3) is 4.15. The first kappa shape index (κ1) is 19.8. The van der Waals surface area contributed by atoms with Gasteiger partial charge < -0.3 is 4.90 Å². The molecule has 2 aromatic carbocycles. The molecule has 0 unspecified atom stereocenters. The quantitative estimate of drug-likeness (QED) is 0.571. The summed E-state index contributed by atoms with van der Waals surface area (Å²) < 4.78 is 15.7. The molecule has 0 aliphatic heterocycles. The van der Waals surface area contributed by atoms with Crippen LogP contribution in [0.2, 0.25) is 5.02 Å². The van der Waals surface area contributed by atoms with Crippen LogP contribution < -0.4 is 0 Å². The molecule has 0 saturated carbocycles. The van der Waals surface area contributed by atoms with E-state index in [4.69, 9.17) is 11.6 Å². The lowest BCUT2D eigenvalue weighted by Crippen LogP contribution is -2.24. The molecule has 4 nitrogen and oxygen atoms in total. The molecule has 0 aliphatic carbocycles. The van der Waals surface area contributed by atoms with Gasteiger partial charge in [0.2, 0.25) is 5.91 Å². The smallest absolute Gasteiger partial charge is 0.246 e. The Balaban J connectivity index is 1.78. The van der Waals surface area contributed by atoms with Gasteiger partial charge >= 0.3 is 0 Å². The van der Waals surface area contributed by atoms with Crippen molar-refractivity contribution in [2.45, 2.75) is 20.4 Å². The van der Waals surface area contributed by atoms with Gasteiger partial charge in [-0.05, 0) is 44.2 Å². The van der Waals surface area contributed by atoms with E-state index >= 15 is 0 Å². The van der Waals surface area contributed by atoms with Gasteiger partial charge in [0.25, 0.3) is 0 Å². The van der Waals surface area contributed by atoms with E-state index < -0.39 is 5.82 Å². The highest BCUT2D eigenvalue weighted by molar-refractivity contribution is 6.32. The zero-order valence-corrected chi connectivity index (χ0v) is 16.7. The average molecular weight is 398 g/mol. The zero-order valence-electron chi connectivity index (χ0n) is 16.0. The third-order valence-electron chi connectivity index (χ3n) is 4.61. The Morgan fingerprint density at radius 1 is 1.18 bits per heavy atom. The second-order valence-electron chi connectivity index (χ2n) is 6.56. The maximum atomic E-state index is 13.8. The lowest BCUT2D eigenvalue weighted by molar-refractivity contribution is -0.125. The van der Waals surface area contributed by atoms with Gasteiger partial charge in [0, 0.05) is 36.5 Å². The first-order chi connectivity index (χ1) is 13.4. The van der Waals surface area contributed by atoms with E-state index in [1.54, 1.807) is 18.0 Å². The van der Waals surface area contributed by atoms with Gasteiger partial charge in [-0.2, -0.15) is 5.10 Å². The predicted molar refractivity (Wildman–Crippen MR) is 110 cm³/mol. The van der Waals surface area contributed by atoms with E-state index in [9.17, 15) is 9.18 Å². The molecule has 1 aromatic heterocycles. The van der Waals surface area contributed by atoms with Crippen LogP contribution in [-0.2, 0) is 11.3 Å². The lowest BCUT2D eigenvalue weighted by Gasteiger charge is -2.15. The molecule has 0 saturated heterocycles. The fraction of sp³-hybridized carbons (Fsp3) is 0.182. The van der Waals surface area contributed by atoms with E-state index in [1.165, 1.54) is 24.3 Å². The fourth-order valence-corrected chi connectivity index (χ4v) is 3.22. The Hall–Kier alpha value is -2.92. The van der Waals surface area contributed by atoms with E-state index in [1.807, 2.05) is 48.9 Å². The molecule has 3 rings (SSSR count). The number of hydrogen-bond acceptors (Lipinski definition) is 2. The predicted octanol–water partition coefficient (Wildman–Crippen LogP) is 4.95. The van der Waals surface area contributed by atoms with Gasteiger partial charge in [0.05, 0.1) is 16.4 Å². The van der Waals surface area contributed by atoms with Crippen LogP contribution in [0, 0.1) is 19.7 Å². The molecule has 28 heavy (non-hydrogen) atoms. The van der Waals surface area contributed by atoms with Crippen LogP contribution >= 0.6 is 11.6 Å². The molecule has 0 N–H and O–H groups in total. The summed E-state index contributed by atoms with van der Waals surface area (Å²) in [6.07, 6.45) is 2.74. The summed E-state index contributed by atoms with van der Waals surface area (Å²) in [5, 5.41) is 4.87. The van der Waals surface area contributed by atoms with Crippen LogP contribution in [0.15, 0.2) is 54.6 Å². The number of aromatic nitrogens is 2. The second kappa shape index (κ2) is 8.40. The Bertz CT molecular complexity index is 1010. The molecule has 0 radical (unpaired) electrons. The number of carbonyl (C=O) groups is 1. The number of halogens is 2. The number of carbonyl (C=O) groups excluding carboxylic acids is 1. The van der Waals surface area contributed by atoms with Gasteiger partial charge in [-0.1, -0.05) is 35.9 Å². The molecule has 144 valence electrons. The topological polar surface area (TPSA) is 38.1 Å². The SMILES string of the molecule is Cc1nn(-c2ccccc2)c(C)c1CN(C)C(=O)/C=C/c1c(F)cccc1Cl. The van der Waals surface area contributed by atoms with Crippen molar-refractivity contribution in [1.29, 1.82) is 0 Å². The van der Waals surface area contributed by atoms with Crippen molar-refractivity contribution in [3.05, 3.63) is 88.0 Å². The van der Waals surface area contributed by atoms with Crippen molar-refractivity contribution in [1.82, 2.24) is 14.7 Å². The molecule has 0 fully saturated rings. The molecule has 0 spiro atoms. The maximum absolute atomic E-state index is 13.8. The summed E-state index contributed by atoms with van der Waals surface area (Å²) in [6.45, 7) is 4.31. The summed E-state index contributed by atoms with van der Waals surface area (Å²) in [7, 11) is 1.70. The van der Waals surface area contributed by atoms with E-state index in [0.717, 1.165) is 22.6 Å². The standard InChI is InChI=1S/C22H21ClFN3O/c1-15-19(16(2)27(25-15)17-8-5-4-6-9-17)14-26(3)22(28)13-12-18-20(23)10-7-11-21(18)24/h4-13H,14H2,1-3H3/b13-12+. The van der Waals surface area contributed by atoms with Crippen molar-refractivity contribution in [2.24, 2.45) is 0 Å². The van der Waals surface area contributed by atoms with Crippen molar-refractivity contribution in [3.63, 3.8) is 0 Å². The highest BCUT2D eigenvalue weighted by Crippen LogP contribution is 2.21. The van der Waals surface area contributed by atoms with Crippen LogP contribution in [0.4, 0.5) is 4.39 Å². The van der Waals surface area contributed by atoms with Crippen LogP contribution in [0.5, 0.6) is 0 Å². The Morgan fingerprint density at radius 3 is 2.57 bits per heavy atom. The summed E-state index contributed by atoms with van der Waals surface area (Å²) in [4.78, 5) is 14.1. The number of aryl methyl sites for hydroxylation is 1. The van der Waals surface area contributed by atoms with Gasteiger partial charge in [0.15, 0.2) is 0 Å². The van der Waals surface area contributed by atoms with Gasteiger partial charge in [-0.3, -0.25) is 4.79 Å². The van der Waals surface area contributed by atoms with Crippen LogP contribution in [0.1, 0.15) is 22.5 Å². The molecule has 6 heteroatoms. The first-order valence-corrected chi connectivity index (χ1v) is 9.24. The number of para-hydroxylation sites is 1. The highest BCUT2D eigenvalue weighted by Gasteiger charge is 2.16. The van der Waals surface area contributed by atoms with Crippen molar-refractivity contribution in [2.75, 3.05) is 7.05 Å². The summed E-state index contributed by atoms with van der Waals surface area (Å²) in [5.74, 6) is -0.708. The van der Waals surface area contributed by atoms with Crippen molar-refractivity contribution in [3.8, 4) is 5.69 Å². The molecule has 0 bridgehead atoms. The number of amides is 1. The third-order valence-corrected chi connectivity index (χ3v) is 4.94. The Morgan fingerprint density at radius 2 is 1.89 bits per heavy atom. The van der Waals surface area contributed by atoms with Crippen molar-refractivity contribution < 1.29 is 9.18 Å². The fourth-order valence-electron chi connectivity index (χ4n) is 2.99. The molecule has 0 aliphatic rings. The maximum Gasteiger partial charge on any atom is 0.246 e. The first-order valence-electron chi connectivity index (χ1n) is 8.86. The van der Waals surface area contributed by atoms with Crippen LogP contribution in [-0.4, -0.2) is 27.6 Å². The molecule has 3 aromatic rings. The van der Waals surface area contributed by atoms with Gasteiger partial charge in [-0.25, -0.2) is 9.07 Å². The lowest BCUT2D eigenvalue weighted by atomic mass is 10.1. The van der Waals surface area contributed by atoms with Crippen molar-refractivity contribution >= 4 is 23.6 Å². The van der Waals surface area contributed by atoms with Gasteiger partial charge in [-0.15, -0.1) is 0 Å². The summed E-state index contributed by atoms with van der Waals surface area (Å²) in [5.41, 5.74) is 4.00. The second-order valence-corrected chi connectivity index (χ2v) is 6.97. The molecule has 1 amide bonds. The van der Waals surface area contributed by atoms with Crippen LogP contribution in [0.25, 0.3) is 11.8 Å². The molecular formula is C22H21ClFN3O. The highest BCUT2D eigenvalue weighted by atomic mass is 35.5. The van der Waals surface area contributed by atoms with E-state index in [-0.39, 0.29) is 16.5 Å². The van der Waals surface area contributed by atoms with Crippen LogP contribution in [0.3, 0.4) is 0 Å². The van der Waals surface area contributed by atoms with E-state index in [2.05, 4.69) is 5.10 Å². The molecule has 1 heterocycles. The Labute approximate surface area is 168 Å². The normalized spacial score (nSPS) is 11.2. The number of rotatable bonds is 5. The minimum absolute atomic E-state index is 0.204. The summed E-state index contributed by atoms with van der Waals surface area (Å²) in [6, 6.07) is 14.3. The monoisotopic (exact) mass is 397 g/mol. The molecule has 0 atom stereocenters. The number of likely N-dealkylation sites (N-methyl/N-ethyl adjacent to an activating group) is 1. The zero-order chi connectivity index (χ0) is 20.3. The minimum atomic E-state index is -0.463. The van der Waals surface area contributed by atoms with Gasteiger partial charge in [0.1, 0.15) is 5.82 Å². The number of nitrogens with zero attached hydrogens (tertiary/aromatic N) is 3. The van der Waals surface area contributed by atoms with E-state index in [0.29, 0.717) is 6.54 Å². The molecular weight excluding hydrogens is 377 g/mol. The Kier molecular flexibility index (Phi) is 5.95. The number of benzene rings is 2. The number of hydrogen-bond donors (Lipinski definition) is 0. The average Bonchev–Trinajstić information content (AvgIpc) is 2.96.